The summed E-state index contributed by atoms with van der Waals surface area (Å²) < 4.78 is 10.4. The molecule has 7 heteroatoms. The third-order valence-electron chi connectivity index (χ3n) is 2.74. The minimum Gasteiger partial charge on any atom is -0.483 e. The van der Waals surface area contributed by atoms with E-state index >= 15 is 0 Å². The van der Waals surface area contributed by atoms with E-state index in [1.807, 2.05) is 0 Å². The minimum atomic E-state index is -0.994. The molecule has 1 aliphatic rings. The Bertz CT molecular complexity index is 453. The summed E-state index contributed by atoms with van der Waals surface area (Å²) in [7, 11) is 0. The molecule has 0 bridgehead atoms. The maximum absolute atomic E-state index is 11.6. The lowest BCUT2D eigenvalue weighted by Gasteiger charge is -2.22. The largest absolute Gasteiger partial charge is 0.483 e. The van der Waals surface area contributed by atoms with Crippen LogP contribution in [0.4, 0.5) is 0 Å². The summed E-state index contributed by atoms with van der Waals surface area (Å²) in [6.45, 7) is 1.23. The molecule has 1 saturated heterocycles. The van der Waals surface area contributed by atoms with Crippen LogP contribution in [0.1, 0.15) is 22.5 Å². The van der Waals surface area contributed by atoms with Crippen molar-refractivity contribution in [1.82, 2.24) is 5.32 Å². The van der Waals surface area contributed by atoms with Gasteiger partial charge in [0.1, 0.15) is 10.6 Å². The Balaban J connectivity index is 1.74. The fraction of sp³-hybridized carbons (Fsp3) is 0.500. The molecular formula is C12H15NO5S. The molecule has 1 fully saturated rings. The molecule has 0 spiro atoms. The van der Waals surface area contributed by atoms with Gasteiger partial charge in [0.15, 0.2) is 6.61 Å². The number of carbonyl (C=O) groups excluding carboxylic acids is 1. The van der Waals surface area contributed by atoms with Crippen molar-refractivity contribution in [2.24, 2.45) is 0 Å². The zero-order valence-corrected chi connectivity index (χ0v) is 11.1. The summed E-state index contributed by atoms with van der Waals surface area (Å²) in [5.41, 5.74) is 0. The van der Waals surface area contributed by atoms with E-state index in [1.54, 1.807) is 5.38 Å². The first-order valence-electron chi connectivity index (χ1n) is 5.97. The van der Waals surface area contributed by atoms with Crippen LogP contribution >= 0.6 is 11.3 Å². The highest BCUT2D eigenvalue weighted by molar-refractivity contribution is 7.12. The second kappa shape index (κ2) is 6.53. The third kappa shape index (κ3) is 4.22. The molecule has 0 atom stereocenters. The normalized spacial score (nSPS) is 16.0. The fourth-order valence-corrected chi connectivity index (χ4v) is 2.43. The first kappa shape index (κ1) is 13.8. The van der Waals surface area contributed by atoms with Crippen molar-refractivity contribution in [3.8, 4) is 5.75 Å². The number of amides is 1. The number of thiophene rings is 1. The predicted octanol–water partition coefficient (Wildman–Crippen LogP) is 1.12. The SMILES string of the molecule is O=C(COc1csc(C(=O)O)c1)NC1CCOCC1. The van der Waals surface area contributed by atoms with Crippen LogP contribution in [0.25, 0.3) is 0 Å². The quantitative estimate of drug-likeness (QED) is 0.847. The van der Waals surface area contributed by atoms with Gasteiger partial charge in [-0.2, -0.15) is 0 Å². The smallest absolute Gasteiger partial charge is 0.346 e. The molecule has 1 aliphatic heterocycles. The van der Waals surface area contributed by atoms with Crippen molar-refractivity contribution in [3.05, 3.63) is 16.3 Å². The summed E-state index contributed by atoms with van der Waals surface area (Å²) in [6, 6.07) is 1.55. The van der Waals surface area contributed by atoms with E-state index in [1.165, 1.54) is 6.07 Å². The van der Waals surface area contributed by atoms with Crippen LogP contribution in [0.2, 0.25) is 0 Å². The molecule has 2 rings (SSSR count). The van der Waals surface area contributed by atoms with Crippen molar-refractivity contribution in [2.75, 3.05) is 19.8 Å². The molecule has 6 nitrogen and oxygen atoms in total. The molecule has 2 N–H and O–H groups in total. The molecule has 0 aliphatic carbocycles. The number of rotatable bonds is 5. The first-order chi connectivity index (χ1) is 9.15. The summed E-state index contributed by atoms with van der Waals surface area (Å²) in [6.07, 6.45) is 1.63. The van der Waals surface area contributed by atoms with Gasteiger partial charge < -0.3 is 19.9 Å². The van der Waals surface area contributed by atoms with E-state index in [-0.39, 0.29) is 23.4 Å². The summed E-state index contributed by atoms with van der Waals surface area (Å²) in [5, 5.41) is 13.2. The van der Waals surface area contributed by atoms with Gasteiger partial charge in [0.2, 0.25) is 0 Å². The number of hydrogen-bond acceptors (Lipinski definition) is 5. The standard InChI is InChI=1S/C12H15NO5S/c14-11(13-8-1-3-17-4-2-8)6-18-9-5-10(12(15)16)19-7-9/h5,7-8H,1-4,6H2,(H,13,14)(H,15,16). The molecule has 1 aromatic rings. The van der Waals surface area contributed by atoms with Gasteiger partial charge in [0, 0.05) is 30.7 Å². The molecule has 0 saturated carbocycles. The van der Waals surface area contributed by atoms with Gasteiger partial charge >= 0.3 is 5.97 Å². The molecule has 0 radical (unpaired) electrons. The van der Waals surface area contributed by atoms with Gasteiger partial charge in [-0.1, -0.05) is 0 Å². The Hall–Kier alpha value is -1.60. The molecule has 104 valence electrons. The van der Waals surface area contributed by atoms with Crippen LogP contribution in [-0.2, 0) is 9.53 Å². The van der Waals surface area contributed by atoms with Crippen molar-refractivity contribution in [1.29, 1.82) is 0 Å². The molecule has 1 amide bonds. The average Bonchev–Trinajstić information content (AvgIpc) is 2.86. The number of hydrogen-bond donors (Lipinski definition) is 2. The molecule has 19 heavy (non-hydrogen) atoms. The van der Waals surface area contributed by atoms with Crippen molar-refractivity contribution >= 4 is 23.2 Å². The number of carbonyl (C=O) groups is 2. The zero-order chi connectivity index (χ0) is 13.7. The lowest BCUT2D eigenvalue weighted by atomic mass is 10.1. The molecule has 2 heterocycles. The fourth-order valence-electron chi connectivity index (χ4n) is 1.77. The van der Waals surface area contributed by atoms with Crippen LogP contribution in [0, 0.1) is 0 Å². The number of ether oxygens (including phenoxy) is 2. The molecule has 1 aromatic heterocycles. The van der Waals surface area contributed by atoms with Gasteiger partial charge in [0.25, 0.3) is 5.91 Å². The summed E-state index contributed by atoms with van der Waals surface area (Å²) in [5.74, 6) is -0.786. The highest BCUT2D eigenvalue weighted by Crippen LogP contribution is 2.21. The van der Waals surface area contributed by atoms with E-state index in [4.69, 9.17) is 14.6 Å². The van der Waals surface area contributed by atoms with Crippen molar-refractivity contribution in [3.63, 3.8) is 0 Å². The van der Waals surface area contributed by atoms with Crippen LogP contribution in [0.15, 0.2) is 11.4 Å². The van der Waals surface area contributed by atoms with E-state index in [0.717, 1.165) is 24.2 Å². The van der Waals surface area contributed by atoms with E-state index in [9.17, 15) is 9.59 Å². The molecular weight excluding hydrogens is 270 g/mol. The Morgan fingerprint density at radius 2 is 2.21 bits per heavy atom. The number of nitrogens with one attached hydrogen (secondary N) is 1. The van der Waals surface area contributed by atoms with Crippen molar-refractivity contribution in [2.45, 2.75) is 18.9 Å². The third-order valence-corrected chi connectivity index (χ3v) is 3.64. The lowest BCUT2D eigenvalue weighted by Crippen LogP contribution is -2.41. The minimum absolute atomic E-state index is 0.104. The maximum Gasteiger partial charge on any atom is 0.346 e. The van der Waals surface area contributed by atoms with Crippen LogP contribution in [0.5, 0.6) is 5.75 Å². The number of carboxylic acids is 1. The lowest BCUT2D eigenvalue weighted by molar-refractivity contribution is -0.124. The second-order valence-electron chi connectivity index (χ2n) is 4.19. The van der Waals surface area contributed by atoms with E-state index < -0.39 is 5.97 Å². The first-order valence-corrected chi connectivity index (χ1v) is 6.85. The maximum atomic E-state index is 11.6. The highest BCUT2D eigenvalue weighted by atomic mass is 32.1. The van der Waals surface area contributed by atoms with Gasteiger partial charge in [0.05, 0.1) is 0 Å². The van der Waals surface area contributed by atoms with Crippen molar-refractivity contribution < 1.29 is 24.2 Å². The Morgan fingerprint density at radius 3 is 2.84 bits per heavy atom. The summed E-state index contributed by atoms with van der Waals surface area (Å²) in [4.78, 5) is 22.5. The topological polar surface area (TPSA) is 84.9 Å². The zero-order valence-electron chi connectivity index (χ0n) is 10.3. The van der Waals surface area contributed by atoms with Gasteiger partial charge in [-0.25, -0.2) is 4.79 Å². The Labute approximate surface area is 114 Å². The Kier molecular flexibility index (Phi) is 4.75. The highest BCUT2D eigenvalue weighted by Gasteiger charge is 2.16. The number of aromatic carboxylic acids is 1. The van der Waals surface area contributed by atoms with Gasteiger partial charge in [-0.05, 0) is 12.8 Å². The molecule has 0 aromatic carbocycles. The molecule has 0 unspecified atom stereocenters. The average molecular weight is 285 g/mol. The van der Waals surface area contributed by atoms with Gasteiger partial charge in [-0.3, -0.25) is 4.79 Å². The number of carboxylic acid groups (broad SMARTS) is 1. The second-order valence-corrected chi connectivity index (χ2v) is 5.11. The van der Waals surface area contributed by atoms with Gasteiger partial charge in [-0.15, -0.1) is 11.3 Å². The summed E-state index contributed by atoms with van der Waals surface area (Å²) >= 11 is 1.07. The Morgan fingerprint density at radius 1 is 1.47 bits per heavy atom. The van der Waals surface area contributed by atoms with Crippen LogP contribution < -0.4 is 10.1 Å². The van der Waals surface area contributed by atoms with Crippen LogP contribution in [0.3, 0.4) is 0 Å². The van der Waals surface area contributed by atoms with E-state index in [2.05, 4.69) is 5.32 Å². The van der Waals surface area contributed by atoms with Crippen LogP contribution in [-0.4, -0.2) is 42.8 Å². The predicted molar refractivity (Wildman–Crippen MR) is 68.8 cm³/mol. The van der Waals surface area contributed by atoms with E-state index in [0.29, 0.717) is 19.0 Å². The monoisotopic (exact) mass is 285 g/mol.